The molecule has 5 nitrogen and oxygen atoms in total. The average molecular weight is 295 g/mol. The van der Waals surface area contributed by atoms with E-state index in [1.165, 1.54) is 0 Å². The van der Waals surface area contributed by atoms with Gasteiger partial charge in [-0.15, -0.1) is 10.2 Å². The van der Waals surface area contributed by atoms with Gasteiger partial charge in [-0.05, 0) is 6.07 Å². The van der Waals surface area contributed by atoms with Gasteiger partial charge in [0.15, 0.2) is 5.82 Å². The summed E-state index contributed by atoms with van der Waals surface area (Å²) in [5, 5.41) is 11.8. The summed E-state index contributed by atoms with van der Waals surface area (Å²) in [6.45, 7) is 5.26. The van der Waals surface area contributed by atoms with Gasteiger partial charge in [0.25, 0.3) is 0 Å². The topological polar surface area (TPSA) is 52.0 Å². The van der Waals surface area contributed by atoms with Gasteiger partial charge in [0.05, 0.1) is 5.02 Å². The van der Waals surface area contributed by atoms with E-state index in [4.69, 9.17) is 16.3 Å². The molecule has 0 aliphatic carbocycles. The van der Waals surface area contributed by atoms with Gasteiger partial charge >= 0.3 is 0 Å². The SMILES string of the molecule is CC(C)NCc1cccc(Cl)c1OCc1nncn1C. The third-order valence-corrected chi connectivity index (χ3v) is 3.20. The molecule has 108 valence electrons. The van der Waals surface area contributed by atoms with Gasteiger partial charge in [0, 0.05) is 25.2 Å². The van der Waals surface area contributed by atoms with Crippen molar-refractivity contribution < 1.29 is 4.74 Å². The Labute approximate surface area is 123 Å². The number of para-hydroxylation sites is 1. The largest absolute Gasteiger partial charge is 0.484 e. The van der Waals surface area contributed by atoms with Crippen molar-refractivity contribution in [1.82, 2.24) is 20.1 Å². The number of aromatic nitrogens is 3. The van der Waals surface area contributed by atoms with Crippen LogP contribution in [0.25, 0.3) is 0 Å². The number of ether oxygens (including phenoxy) is 1. The van der Waals surface area contributed by atoms with Crippen molar-refractivity contribution >= 4 is 11.6 Å². The second-order valence-corrected chi connectivity index (χ2v) is 5.32. The predicted molar refractivity (Wildman–Crippen MR) is 78.8 cm³/mol. The predicted octanol–water partition coefficient (Wildman–Crippen LogP) is 2.55. The number of halogens is 1. The molecule has 1 N–H and O–H groups in total. The Morgan fingerprint density at radius 3 is 2.85 bits per heavy atom. The third kappa shape index (κ3) is 3.71. The van der Waals surface area contributed by atoms with Crippen molar-refractivity contribution in [1.29, 1.82) is 0 Å². The molecule has 6 heteroatoms. The number of nitrogens with zero attached hydrogens (tertiary/aromatic N) is 3. The van der Waals surface area contributed by atoms with Gasteiger partial charge in [-0.3, -0.25) is 0 Å². The van der Waals surface area contributed by atoms with Gasteiger partial charge in [0.2, 0.25) is 0 Å². The molecule has 0 fully saturated rings. The molecule has 1 heterocycles. The van der Waals surface area contributed by atoms with E-state index in [0.29, 0.717) is 30.0 Å². The highest BCUT2D eigenvalue weighted by molar-refractivity contribution is 6.32. The number of rotatable bonds is 6. The Kier molecular flexibility index (Phi) is 4.98. The molecule has 0 radical (unpaired) electrons. The van der Waals surface area contributed by atoms with E-state index in [-0.39, 0.29) is 0 Å². The van der Waals surface area contributed by atoms with Crippen LogP contribution in [0.4, 0.5) is 0 Å². The van der Waals surface area contributed by atoms with Crippen LogP contribution < -0.4 is 10.1 Å². The summed E-state index contributed by atoms with van der Waals surface area (Å²) in [6, 6.07) is 6.16. The number of hydrogen-bond donors (Lipinski definition) is 1. The highest BCUT2D eigenvalue weighted by Crippen LogP contribution is 2.29. The van der Waals surface area contributed by atoms with Crippen LogP contribution >= 0.6 is 11.6 Å². The molecule has 2 rings (SSSR count). The minimum absolute atomic E-state index is 0.342. The first kappa shape index (κ1) is 14.8. The molecule has 1 aromatic carbocycles. The second-order valence-electron chi connectivity index (χ2n) is 4.91. The first-order chi connectivity index (χ1) is 9.58. The molecular weight excluding hydrogens is 276 g/mol. The zero-order chi connectivity index (χ0) is 14.5. The number of benzene rings is 1. The summed E-state index contributed by atoms with van der Waals surface area (Å²) in [6.07, 6.45) is 1.65. The molecule has 0 aliphatic rings. The average Bonchev–Trinajstić information content (AvgIpc) is 2.81. The normalized spacial score (nSPS) is 11.1. The minimum atomic E-state index is 0.342. The maximum absolute atomic E-state index is 6.23. The van der Waals surface area contributed by atoms with Gasteiger partial charge < -0.3 is 14.6 Å². The van der Waals surface area contributed by atoms with Gasteiger partial charge in [-0.25, -0.2) is 0 Å². The van der Waals surface area contributed by atoms with E-state index >= 15 is 0 Å². The summed E-state index contributed by atoms with van der Waals surface area (Å²) in [4.78, 5) is 0. The highest BCUT2D eigenvalue weighted by atomic mass is 35.5. The van der Waals surface area contributed by atoms with Gasteiger partial charge in [0.1, 0.15) is 18.7 Å². The smallest absolute Gasteiger partial charge is 0.170 e. The molecule has 2 aromatic rings. The van der Waals surface area contributed by atoms with Crippen molar-refractivity contribution in [2.75, 3.05) is 0 Å². The minimum Gasteiger partial charge on any atom is -0.484 e. The number of hydrogen-bond acceptors (Lipinski definition) is 4. The van der Waals surface area contributed by atoms with Crippen LogP contribution in [0.2, 0.25) is 5.02 Å². The maximum Gasteiger partial charge on any atom is 0.170 e. The summed E-state index contributed by atoms with van der Waals surface area (Å²) in [5.74, 6) is 1.46. The molecule has 0 saturated carbocycles. The molecular formula is C14H19ClN4O. The fraction of sp³-hybridized carbons (Fsp3) is 0.429. The Morgan fingerprint density at radius 1 is 1.40 bits per heavy atom. The highest BCUT2D eigenvalue weighted by Gasteiger charge is 2.10. The van der Waals surface area contributed by atoms with Crippen LogP contribution in [0.1, 0.15) is 25.2 Å². The summed E-state index contributed by atoms with van der Waals surface area (Å²) >= 11 is 6.23. The van der Waals surface area contributed by atoms with E-state index in [9.17, 15) is 0 Å². The number of nitrogens with one attached hydrogen (secondary N) is 1. The molecule has 0 unspecified atom stereocenters. The van der Waals surface area contributed by atoms with Crippen molar-refractivity contribution in [2.45, 2.75) is 33.0 Å². The Hall–Kier alpha value is -1.59. The second kappa shape index (κ2) is 6.72. The maximum atomic E-state index is 6.23. The zero-order valence-electron chi connectivity index (χ0n) is 11.9. The molecule has 0 amide bonds. The van der Waals surface area contributed by atoms with Gasteiger partial charge in [-0.1, -0.05) is 37.6 Å². The third-order valence-electron chi connectivity index (χ3n) is 2.90. The van der Waals surface area contributed by atoms with Crippen LogP contribution in [0.5, 0.6) is 5.75 Å². The lowest BCUT2D eigenvalue weighted by Crippen LogP contribution is -2.22. The van der Waals surface area contributed by atoms with E-state index in [0.717, 1.165) is 11.4 Å². The quantitative estimate of drug-likeness (QED) is 0.889. The van der Waals surface area contributed by atoms with E-state index in [1.807, 2.05) is 29.8 Å². The Morgan fingerprint density at radius 2 is 2.20 bits per heavy atom. The standard InChI is InChI=1S/C14H19ClN4O/c1-10(2)16-7-11-5-4-6-12(15)14(11)20-8-13-18-17-9-19(13)3/h4-6,9-10,16H,7-8H2,1-3H3. The lowest BCUT2D eigenvalue weighted by molar-refractivity contribution is 0.287. The van der Waals surface area contributed by atoms with Crippen LogP contribution in [-0.2, 0) is 20.2 Å². The molecule has 1 aromatic heterocycles. The van der Waals surface area contributed by atoms with Crippen molar-refractivity contribution in [3.63, 3.8) is 0 Å². The van der Waals surface area contributed by atoms with Crippen LogP contribution in [0, 0.1) is 0 Å². The fourth-order valence-corrected chi connectivity index (χ4v) is 1.99. The number of aryl methyl sites for hydroxylation is 1. The molecule has 0 atom stereocenters. The van der Waals surface area contributed by atoms with Crippen molar-refractivity contribution in [2.24, 2.45) is 7.05 Å². The Bertz CT molecular complexity index is 568. The van der Waals surface area contributed by atoms with E-state index < -0.39 is 0 Å². The molecule has 20 heavy (non-hydrogen) atoms. The van der Waals surface area contributed by atoms with Crippen molar-refractivity contribution in [3.8, 4) is 5.75 Å². The summed E-state index contributed by atoms with van der Waals surface area (Å²) in [7, 11) is 1.88. The summed E-state index contributed by atoms with van der Waals surface area (Å²) < 4.78 is 7.65. The van der Waals surface area contributed by atoms with Crippen molar-refractivity contribution in [3.05, 3.63) is 40.9 Å². The molecule has 0 bridgehead atoms. The van der Waals surface area contributed by atoms with Gasteiger partial charge in [-0.2, -0.15) is 0 Å². The van der Waals surface area contributed by atoms with Crippen LogP contribution in [-0.4, -0.2) is 20.8 Å². The zero-order valence-corrected chi connectivity index (χ0v) is 12.7. The first-order valence-electron chi connectivity index (χ1n) is 6.54. The van der Waals surface area contributed by atoms with Crippen LogP contribution in [0.3, 0.4) is 0 Å². The molecule has 0 aliphatic heterocycles. The molecule has 0 spiro atoms. The van der Waals surface area contributed by atoms with Crippen LogP contribution in [0.15, 0.2) is 24.5 Å². The lowest BCUT2D eigenvalue weighted by Gasteiger charge is -2.14. The van der Waals surface area contributed by atoms with E-state index in [2.05, 4.69) is 29.4 Å². The Balaban J connectivity index is 2.11. The summed E-state index contributed by atoms with van der Waals surface area (Å²) in [5.41, 5.74) is 1.04. The molecule has 0 saturated heterocycles. The lowest BCUT2D eigenvalue weighted by atomic mass is 10.2. The fourth-order valence-electron chi connectivity index (χ4n) is 1.74. The van der Waals surface area contributed by atoms with E-state index in [1.54, 1.807) is 6.33 Å². The monoisotopic (exact) mass is 294 g/mol. The first-order valence-corrected chi connectivity index (χ1v) is 6.92.